The van der Waals surface area contributed by atoms with Crippen LogP contribution >= 0.6 is 22.9 Å². The minimum atomic E-state index is 0.313. The molecule has 2 aromatic rings. The van der Waals surface area contributed by atoms with Crippen molar-refractivity contribution in [1.82, 2.24) is 9.97 Å². The molecular weight excluding hydrogens is 290 g/mol. The third-order valence-corrected chi connectivity index (χ3v) is 4.34. The SMILES string of the molecule is CCCc1nc(Cl)c(C)c(NC(C)Cc2cccs2)n1. The number of aromatic nitrogens is 2. The largest absolute Gasteiger partial charge is 0.367 e. The average molecular weight is 310 g/mol. The van der Waals surface area contributed by atoms with Crippen LogP contribution in [0.2, 0.25) is 5.15 Å². The Kier molecular flexibility index (Phi) is 5.38. The monoisotopic (exact) mass is 309 g/mol. The predicted molar refractivity (Wildman–Crippen MR) is 86.9 cm³/mol. The van der Waals surface area contributed by atoms with E-state index in [4.69, 9.17) is 11.6 Å². The maximum atomic E-state index is 6.19. The predicted octanol–water partition coefficient (Wildman–Crippen LogP) is 4.50. The van der Waals surface area contributed by atoms with Crippen molar-refractivity contribution in [2.45, 2.75) is 46.1 Å². The van der Waals surface area contributed by atoms with Crippen LogP contribution in [-0.2, 0) is 12.8 Å². The molecule has 0 aromatic carbocycles. The minimum Gasteiger partial charge on any atom is -0.367 e. The number of rotatable bonds is 6. The summed E-state index contributed by atoms with van der Waals surface area (Å²) in [4.78, 5) is 10.3. The van der Waals surface area contributed by atoms with Crippen LogP contribution in [-0.4, -0.2) is 16.0 Å². The van der Waals surface area contributed by atoms with Crippen LogP contribution in [0.15, 0.2) is 17.5 Å². The first-order chi connectivity index (χ1) is 9.60. The molecule has 1 atom stereocenters. The molecule has 0 bridgehead atoms. The number of hydrogen-bond donors (Lipinski definition) is 1. The number of nitrogens with zero attached hydrogens (tertiary/aromatic N) is 2. The summed E-state index contributed by atoms with van der Waals surface area (Å²) < 4.78 is 0. The molecule has 0 amide bonds. The third kappa shape index (κ3) is 3.93. The lowest BCUT2D eigenvalue weighted by Crippen LogP contribution is -2.20. The summed E-state index contributed by atoms with van der Waals surface area (Å²) in [5, 5.41) is 6.11. The van der Waals surface area contributed by atoms with Crippen LogP contribution in [0.5, 0.6) is 0 Å². The minimum absolute atomic E-state index is 0.313. The smallest absolute Gasteiger partial charge is 0.137 e. The Morgan fingerprint density at radius 1 is 1.40 bits per heavy atom. The molecule has 0 saturated heterocycles. The van der Waals surface area contributed by atoms with Gasteiger partial charge in [0.25, 0.3) is 0 Å². The van der Waals surface area contributed by atoms with Crippen LogP contribution in [0.3, 0.4) is 0 Å². The summed E-state index contributed by atoms with van der Waals surface area (Å²) in [6.45, 7) is 6.23. The molecule has 0 fully saturated rings. The molecule has 2 heterocycles. The van der Waals surface area contributed by atoms with Crippen LogP contribution in [0.25, 0.3) is 0 Å². The lowest BCUT2D eigenvalue weighted by atomic mass is 10.2. The number of anilines is 1. The Balaban J connectivity index is 2.11. The van der Waals surface area contributed by atoms with Crippen LogP contribution < -0.4 is 5.32 Å². The Bertz CT molecular complexity index is 554. The van der Waals surface area contributed by atoms with E-state index in [2.05, 4.69) is 46.6 Å². The number of nitrogens with one attached hydrogen (secondary N) is 1. The maximum Gasteiger partial charge on any atom is 0.137 e. The standard InChI is InChI=1S/C15H20ClN3S/c1-4-6-13-18-14(16)11(3)15(19-13)17-10(2)9-12-7-5-8-20-12/h5,7-8,10H,4,6,9H2,1-3H3,(H,17,18,19). The van der Waals surface area contributed by atoms with Crippen molar-refractivity contribution >= 4 is 28.8 Å². The van der Waals surface area contributed by atoms with Gasteiger partial charge < -0.3 is 5.32 Å². The molecular formula is C15H20ClN3S. The molecule has 2 aromatic heterocycles. The lowest BCUT2D eigenvalue weighted by molar-refractivity contribution is 0.778. The molecule has 0 aliphatic heterocycles. The molecule has 5 heteroatoms. The Labute approximate surface area is 129 Å². The highest BCUT2D eigenvalue weighted by Crippen LogP contribution is 2.22. The second kappa shape index (κ2) is 7.04. The zero-order valence-electron chi connectivity index (χ0n) is 12.1. The van der Waals surface area contributed by atoms with Gasteiger partial charge in [-0.3, -0.25) is 0 Å². The van der Waals surface area contributed by atoms with Gasteiger partial charge in [0.1, 0.15) is 16.8 Å². The topological polar surface area (TPSA) is 37.8 Å². The van der Waals surface area contributed by atoms with E-state index < -0.39 is 0 Å². The van der Waals surface area contributed by atoms with E-state index in [9.17, 15) is 0 Å². The highest BCUT2D eigenvalue weighted by Gasteiger charge is 2.12. The van der Waals surface area contributed by atoms with E-state index >= 15 is 0 Å². The fourth-order valence-corrected chi connectivity index (χ4v) is 3.05. The summed E-state index contributed by atoms with van der Waals surface area (Å²) in [7, 11) is 0. The fraction of sp³-hybridized carbons (Fsp3) is 0.467. The van der Waals surface area contributed by atoms with E-state index in [0.29, 0.717) is 11.2 Å². The van der Waals surface area contributed by atoms with Crippen molar-refractivity contribution in [1.29, 1.82) is 0 Å². The van der Waals surface area contributed by atoms with Crippen molar-refractivity contribution in [2.24, 2.45) is 0 Å². The van der Waals surface area contributed by atoms with Crippen molar-refractivity contribution in [3.63, 3.8) is 0 Å². The maximum absolute atomic E-state index is 6.19. The quantitative estimate of drug-likeness (QED) is 0.799. The molecule has 1 unspecified atom stereocenters. The fourth-order valence-electron chi connectivity index (χ4n) is 2.02. The van der Waals surface area contributed by atoms with Gasteiger partial charge in [0, 0.05) is 29.3 Å². The Morgan fingerprint density at radius 2 is 2.20 bits per heavy atom. The van der Waals surface area contributed by atoms with Crippen molar-refractivity contribution in [3.05, 3.63) is 38.9 Å². The first-order valence-corrected chi connectivity index (χ1v) is 8.17. The third-order valence-electron chi connectivity index (χ3n) is 3.08. The van der Waals surface area contributed by atoms with Crippen molar-refractivity contribution < 1.29 is 0 Å². The van der Waals surface area contributed by atoms with Gasteiger partial charge in [-0.25, -0.2) is 9.97 Å². The molecule has 1 N–H and O–H groups in total. The normalized spacial score (nSPS) is 12.4. The summed E-state index contributed by atoms with van der Waals surface area (Å²) in [6, 6.07) is 4.55. The van der Waals surface area contributed by atoms with E-state index in [-0.39, 0.29) is 0 Å². The van der Waals surface area contributed by atoms with Gasteiger partial charge in [-0.1, -0.05) is 24.6 Å². The molecule has 2 rings (SSSR count). The van der Waals surface area contributed by atoms with Crippen LogP contribution in [0.4, 0.5) is 5.82 Å². The first-order valence-electron chi connectivity index (χ1n) is 6.92. The van der Waals surface area contributed by atoms with Crippen LogP contribution in [0, 0.1) is 6.92 Å². The zero-order valence-corrected chi connectivity index (χ0v) is 13.7. The molecule has 0 saturated carbocycles. The number of halogens is 1. The number of hydrogen-bond acceptors (Lipinski definition) is 4. The summed E-state index contributed by atoms with van der Waals surface area (Å²) in [6.07, 6.45) is 2.86. The zero-order chi connectivity index (χ0) is 14.5. The van der Waals surface area contributed by atoms with E-state index in [0.717, 1.165) is 36.5 Å². The van der Waals surface area contributed by atoms with Crippen molar-refractivity contribution in [3.8, 4) is 0 Å². The van der Waals surface area contributed by atoms with Gasteiger partial charge >= 0.3 is 0 Å². The van der Waals surface area contributed by atoms with Gasteiger partial charge in [0.2, 0.25) is 0 Å². The number of thiophene rings is 1. The summed E-state index contributed by atoms with van der Waals surface area (Å²) in [5.74, 6) is 1.67. The summed E-state index contributed by atoms with van der Waals surface area (Å²) >= 11 is 7.97. The van der Waals surface area contributed by atoms with E-state index in [1.165, 1.54) is 4.88 Å². The van der Waals surface area contributed by atoms with Gasteiger partial charge in [0.05, 0.1) is 0 Å². The number of aryl methyl sites for hydroxylation is 1. The molecule has 3 nitrogen and oxygen atoms in total. The average Bonchev–Trinajstić information content (AvgIpc) is 2.88. The Hall–Kier alpha value is -1.13. The first kappa shape index (κ1) is 15.3. The highest BCUT2D eigenvalue weighted by molar-refractivity contribution is 7.09. The second-order valence-electron chi connectivity index (χ2n) is 4.98. The molecule has 0 aliphatic rings. The van der Waals surface area contributed by atoms with Crippen molar-refractivity contribution in [2.75, 3.05) is 5.32 Å². The van der Waals surface area contributed by atoms with E-state index in [1.54, 1.807) is 11.3 Å². The Morgan fingerprint density at radius 3 is 2.85 bits per heavy atom. The molecule has 0 aliphatic carbocycles. The van der Waals surface area contributed by atoms with Gasteiger partial charge in [-0.05, 0) is 31.7 Å². The van der Waals surface area contributed by atoms with Gasteiger partial charge in [-0.2, -0.15) is 0 Å². The highest BCUT2D eigenvalue weighted by atomic mass is 35.5. The van der Waals surface area contributed by atoms with Gasteiger partial charge in [0.15, 0.2) is 0 Å². The summed E-state index contributed by atoms with van der Waals surface area (Å²) in [5.41, 5.74) is 0.921. The lowest BCUT2D eigenvalue weighted by Gasteiger charge is -2.16. The van der Waals surface area contributed by atoms with Crippen LogP contribution in [0.1, 0.15) is 36.5 Å². The molecule has 0 spiro atoms. The molecule has 0 radical (unpaired) electrons. The van der Waals surface area contributed by atoms with Gasteiger partial charge in [-0.15, -0.1) is 11.3 Å². The molecule has 20 heavy (non-hydrogen) atoms. The second-order valence-corrected chi connectivity index (χ2v) is 6.37. The molecule has 108 valence electrons. The van der Waals surface area contributed by atoms with E-state index in [1.807, 2.05) is 6.92 Å².